The Balaban J connectivity index is 2.69. The fraction of sp³-hybridized carbons (Fsp3) is 0.300. The molecule has 76 valence electrons. The van der Waals surface area contributed by atoms with Crippen molar-refractivity contribution < 1.29 is 9.53 Å². The van der Waals surface area contributed by atoms with E-state index in [4.69, 9.17) is 4.74 Å². The average molecular weight is 258 g/mol. The molecule has 1 unspecified atom stereocenters. The number of nitrogens with one attached hydrogen (secondary N) is 1. The van der Waals surface area contributed by atoms with Gasteiger partial charge in [0.2, 0.25) is 0 Å². The van der Waals surface area contributed by atoms with Gasteiger partial charge in [-0.3, -0.25) is 4.79 Å². The van der Waals surface area contributed by atoms with Gasteiger partial charge in [-0.05, 0) is 35.0 Å². The number of carbonyl (C=O) groups is 1. The second-order valence-electron chi connectivity index (χ2n) is 2.80. The Morgan fingerprint density at radius 1 is 1.50 bits per heavy atom. The van der Waals surface area contributed by atoms with Crippen molar-refractivity contribution in [3.8, 4) is 5.75 Å². The molecule has 0 aliphatic heterocycles. The van der Waals surface area contributed by atoms with Crippen LogP contribution in [-0.4, -0.2) is 19.1 Å². The van der Waals surface area contributed by atoms with E-state index in [0.29, 0.717) is 5.75 Å². The fourth-order valence-electron chi connectivity index (χ4n) is 0.988. The number of para-hydroxylation sites is 1. The van der Waals surface area contributed by atoms with Crippen LogP contribution in [0.25, 0.3) is 0 Å². The first-order valence-electron chi connectivity index (χ1n) is 4.28. The lowest BCUT2D eigenvalue weighted by Crippen LogP contribution is -2.33. The van der Waals surface area contributed by atoms with Gasteiger partial charge < -0.3 is 10.1 Å². The number of benzene rings is 1. The molecule has 0 aliphatic carbocycles. The molecular weight excluding hydrogens is 246 g/mol. The van der Waals surface area contributed by atoms with Gasteiger partial charge in [-0.15, -0.1) is 0 Å². The molecule has 0 radical (unpaired) electrons. The van der Waals surface area contributed by atoms with Crippen LogP contribution in [0.3, 0.4) is 0 Å². The summed E-state index contributed by atoms with van der Waals surface area (Å²) in [7, 11) is 1.59. The first-order valence-corrected chi connectivity index (χ1v) is 5.07. The van der Waals surface area contributed by atoms with Crippen LogP contribution < -0.4 is 10.1 Å². The third-order valence-corrected chi connectivity index (χ3v) is 2.41. The Hall–Kier alpha value is -1.03. The van der Waals surface area contributed by atoms with Gasteiger partial charge in [0.25, 0.3) is 5.91 Å². The molecule has 0 saturated heterocycles. The summed E-state index contributed by atoms with van der Waals surface area (Å²) in [5.74, 6) is 0.532. The van der Waals surface area contributed by atoms with Crippen molar-refractivity contribution >= 4 is 21.8 Å². The molecule has 1 atom stereocenters. The van der Waals surface area contributed by atoms with Crippen LogP contribution in [-0.2, 0) is 4.79 Å². The quantitative estimate of drug-likeness (QED) is 0.900. The smallest absolute Gasteiger partial charge is 0.260 e. The van der Waals surface area contributed by atoms with E-state index in [1.54, 1.807) is 14.0 Å². The zero-order chi connectivity index (χ0) is 10.6. The average Bonchev–Trinajstić information content (AvgIpc) is 2.20. The number of halogens is 1. The van der Waals surface area contributed by atoms with Gasteiger partial charge in [0.1, 0.15) is 5.75 Å². The molecule has 0 spiro atoms. The zero-order valence-corrected chi connectivity index (χ0v) is 9.67. The van der Waals surface area contributed by atoms with Crippen LogP contribution in [0.5, 0.6) is 5.75 Å². The number of carbonyl (C=O) groups excluding carboxylic acids is 1. The number of rotatable bonds is 3. The molecule has 0 aliphatic rings. The van der Waals surface area contributed by atoms with Crippen LogP contribution >= 0.6 is 15.9 Å². The third kappa shape index (κ3) is 2.73. The number of hydrogen-bond donors (Lipinski definition) is 1. The van der Waals surface area contributed by atoms with Crippen molar-refractivity contribution in [3.63, 3.8) is 0 Å². The Kier molecular flexibility index (Phi) is 3.95. The van der Waals surface area contributed by atoms with Gasteiger partial charge in [-0.1, -0.05) is 12.1 Å². The standard InChI is InChI=1S/C10H12BrNO2/c1-7(10(13)12-2)14-9-6-4-3-5-8(9)11/h3-7H,1-2H3,(H,12,13). The summed E-state index contributed by atoms with van der Waals surface area (Å²) in [6.07, 6.45) is -0.487. The van der Waals surface area contributed by atoms with Gasteiger partial charge in [0.15, 0.2) is 6.10 Å². The summed E-state index contributed by atoms with van der Waals surface area (Å²) in [6.45, 7) is 1.71. The highest BCUT2D eigenvalue weighted by Crippen LogP contribution is 2.24. The van der Waals surface area contributed by atoms with E-state index < -0.39 is 6.10 Å². The Labute approximate surface area is 91.6 Å². The summed E-state index contributed by atoms with van der Waals surface area (Å²) in [5.41, 5.74) is 0. The lowest BCUT2D eigenvalue weighted by molar-refractivity contribution is -0.126. The van der Waals surface area contributed by atoms with Gasteiger partial charge >= 0.3 is 0 Å². The lowest BCUT2D eigenvalue weighted by Gasteiger charge is -2.13. The fourth-order valence-corrected chi connectivity index (χ4v) is 1.37. The van der Waals surface area contributed by atoms with Gasteiger partial charge in [0, 0.05) is 7.05 Å². The highest BCUT2D eigenvalue weighted by Gasteiger charge is 2.13. The number of amides is 1. The summed E-state index contributed by atoms with van der Waals surface area (Å²) in [5, 5.41) is 2.53. The molecular formula is C10H12BrNO2. The van der Waals surface area contributed by atoms with Gasteiger partial charge in [-0.25, -0.2) is 0 Å². The molecule has 0 aromatic heterocycles. The van der Waals surface area contributed by atoms with E-state index >= 15 is 0 Å². The van der Waals surface area contributed by atoms with Crippen molar-refractivity contribution in [2.45, 2.75) is 13.0 Å². The minimum atomic E-state index is -0.487. The maximum absolute atomic E-state index is 11.2. The zero-order valence-electron chi connectivity index (χ0n) is 8.08. The molecule has 1 rings (SSSR count). The van der Waals surface area contributed by atoms with Crippen LogP contribution in [0.2, 0.25) is 0 Å². The SMILES string of the molecule is CNC(=O)C(C)Oc1ccccc1Br. The second kappa shape index (κ2) is 5.00. The maximum atomic E-state index is 11.2. The minimum absolute atomic E-state index is 0.138. The molecule has 1 aromatic rings. The highest BCUT2D eigenvalue weighted by atomic mass is 79.9. The summed E-state index contributed by atoms with van der Waals surface area (Å²) in [6, 6.07) is 7.42. The topological polar surface area (TPSA) is 38.3 Å². The van der Waals surface area contributed by atoms with Crippen molar-refractivity contribution in [1.82, 2.24) is 5.32 Å². The molecule has 1 N–H and O–H groups in total. The van der Waals surface area contributed by atoms with Crippen LogP contribution in [0.15, 0.2) is 28.7 Å². The molecule has 1 aromatic carbocycles. The highest BCUT2D eigenvalue weighted by molar-refractivity contribution is 9.10. The molecule has 14 heavy (non-hydrogen) atoms. The lowest BCUT2D eigenvalue weighted by atomic mass is 10.3. The second-order valence-corrected chi connectivity index (χ2v) is 3.66. The first kappa shape index (κ1) is 11.0. The predicted octanol–water partition coefficient (Wildman–Crippen LogP) is 1.96. The van der Waals surface area contributed by atoms with Crippen LogP contribution in [0, 0.1) is 0 Å². The number of hydrogen-bond acceptors (Lipinski definition) is 2. The minimum Gasteiger partial charge on any atom is -0.480 e. The van der Waals surface area contributed by atoms with E-state index in [-0.39, 0.29) is 5.91 Å². The van der Waals surface area contributed by atoms with E-state index in [1.165, 1.54) is 0 Å². The number of ether oxygens (including phenoxy) is 1. The first-order chi connectivity index (χ1) is 6.65. The molecule has 4 heteroatoms. The Morgan fingerprint density at radius 3 is 2.71 bits per heavy atom. The van der Waals surface area contributed by atoms with E-state index in [2.05, 4.69) is 21.2 Å². The van der Waals surface area contributed by atoms with Crippen molar-refractivity contribution in [2.75, 3.05) is 7.05 Å². The van der Waals surface area contributed by atoms with Gasteiger partial charge in [-0.2, -0.15) is 0 Å². The van der Waals surface area contributed by atoms with E-state index in [1.807, 2.05) is 24.3 Å². The van der Waals surface area contributed by atoms with Crippen molar-refractivity contribution in [2.24, 2.45) is 0 Å². The Bertz CT molecular complexity index is 328. The normalized spacial score (nSPS) is 11.9. The van der Waals surface area contributed by atoms with Crippen LogP contribution in [0.4, 0.5) is 0 Å². The van der Waals surface area contributed by atoms with E-state index in [0.717, 1.165) is 4.47 Å². The Morgan fingerprint density at radius 2 is 2.14 bits per heavy atom. The molecule has 3 nitrogen and oxygen atoms in total. The summed E-state index contributed by atoms with van der Waals surface area (Å²) >= 11 is 3.34. The summed E-state index contributed by atoms with van der Waals surface area (Å²) < 4.78 is 6.28. The maximum Gasteiger partial charge on any atom is 0.260 e. The molecule has 0 fully saturated rings. The van der Waals surface area contributed by atoms with E-state index in [9.17, 15) is 4.79 Å². The van der Waals surface area contributed by atoms with Crippen molar-refractivity contribution in [1.29, 1.82) is 0 Å². The number of likely N-dealkylation sites (N-methyl/N-ethyl adjacent to an activating group) is 1. The molecule has 1 amide bonds. The molecule has 0 saturated carbocycles. The van der Waals surface area contributed by atoms with Gasteiger partial charge in [0.05, 0.1) is 4.47 Å². The largest absolute Gasteiger partial charge is 0.480 e. The van der Waals surface area contributed by atoms with Crippen molar-refractivity contribution in [3.05, 3.63) is 28.7 Å². The molecule has 0 bridgehead atoms. The third-order valence-electron chi connectivity index (χ3n) is 1.76. The monoisotopic (exact) mass is 257 g/mol. The molecule has 0 heterocycles. The predicted molar refractivity (Wildman–Crippen MR) is 58.3 cm³/mol. The summed E-state index contributed by atoms with van der Waals surface area (Å²) in [4.78, 5) is 11.2. The van der Waals surface area contributed by atoms with Crippen LogP contribution in [0.1, 0.15) is 6.92 Å².